The smallest absolute Gasteiger partial charge is 0.260 e. The molecule has 1 aromatic carbocycles. The normalized spacial score (nSPS) is 13.2. The van der Waals surface area contributed by atoms with Crippen molar-refractivity contribution in [1.29, 1.82) is 0 Å². The zero-order chi connectivity index (χ0) is 18.2. The Morgan fingerprint density at radius 1 is 1.04 bits per heavy atom. The van der Waals surface area contributed by atoms with E-state index >= 15 is 0 Å². The largest absolute Gasteiger partial charge is 0.305 e. The van der Waals surface area contributed by atoms with Crippen molar-refractivity contribution in [2.24, 2.45) is 0 Å². The maximum atomic E-state index is 12.6. The van der Waals surface area contributed by atoms with Gasteiger partial charge >= 0.3 is 0 Å². The van der Waals surface area contributed by atoms with Crippen molar-refractivity contribution in [1.82, 2.24) is 9.97 Å². The minimum atomic E-state index is 0.00991. The number of thiophene rings is 1. The summed E-state index contributed by atoms with van der Waals surface area (Å²) in [6.07, 6.45) is 8.28. The molecule has 3 aromatic heterocycles. The van der Waals surface area contributed by atoms with Crippen LogP contribution < -0.4 is 10.1 Å². The van der Waals surface area contributed by atoms with E-state index in [0.717, 1.165) is 35.9 Å². The number of benzene rings is 1. The SMILES string of the molecule is O=c1[nH]c(C[n+]2ccc(Cc3ccccc3)cc2)nc2sc3c(c12)CCC3. The summed E-state index contributed by atoms with van der Waals surface area (Å²) in [6.45, 7) is 0.569. The zero-order valence-corrected chi connectivity index (χ0v) is 15.8. The Balaban J connectivity index is 1.38. The van der Waals surface area contributed by atoms with Gasteiger partial charge in [-0.25, -0.2) is 4.98 Å². The summed E-state index contributed by atoms with van der Waals surface area (Å²) < 4.78 is 2.06. The highest BCUT2D eigenvalue weighted by Crippen LogP contribution is 2.34. The van der Waals surface area contributed by atoms with Crippen LogP contribution in [0.3, 0.4) is 0 Å². The van der Waals surface area contributed by atoms with Gasteiger partial charge in [0.05, 0.1) is 5.39 Å². The first kappa shape index (κ1) is 16.4. The Morgan fingerprint density at radius 3 is 2.63 bits per heavy atom. The monoisotopic (exact) mass is 374 g/mol. The minimum absolute atomic E-state index is 0.00991. The van der Waals surface area contributed by atoms with Crippen molar-refractivity contribution in [3.05, 3.63) is 92.6 Å². The van der Waals surface area contributed by atoms with Crippen LogP contribution in [0.1, 0.15) is 33.8 Å². The molecule has 0 aliphatic heterocycles. The topological polar surface area (TPSA) is 49.6 Å². The molecule has 1 aliphatic rings. The van der Waals surface area contributed by atoms with Gasteiger partial charge in [0.1, 0.15) is 4.83 Å². The van der Waals surface area contributed by atoms with E-state index in [1.807, 2.05) is 6.07 Å². The lowest BCUT2D eigenvalue weighted by molar-refractivity contribution is -0.689. The maximum Gasteiger partial charge on any atom is 0.260 e. The van der Waals surface area contributed by atoms with E-state index in [-0.39, 0.29) is 5.56 Å². The zero-order valence-electron chi connectivity index (χ0n) is 14.9. The number of nitrogens with one attached hydrogen (secondary N) is 1. The summed E-state index contributed by atoms with van der Waals surface area (Å²) >= 11 is 1.69. The van der Waals surface area contributed by atoms with Gasteiger partial charge in [-0.2, -0.15) is 4.57 Å². The van der Waals surface area contributed by atoms with Crippen molar-refractivity contribution in [2.75, 3.05) is 0 Å². The van der Waals surface area contributed by atoms with Gasteiger partial charge in [0.25, 0.3) is 5.56 Å². The molecule has 0 spiro atoms. The first-order valence-electron chi connectivity index (χ1n) is 9.31. The van der Waals surface area contributed by atoms with Gasteiger partial charge in [-0.1, -0.05) is 30.3 Å². The van der Waals surface area contributed by atoms with Crippen LogP contribution in [0.15, 0.2) is 59.7 Å². The summed E-state index contributed by atoms with van der Waals surface area (Å²) in [5, 5.41) is 0.819. The van der Waals surface area contributed by atoms with E-state index in [0.29, 0.717) is 12.4 Å². The molecule has 0 bridgehead atoms. The summed E-state index contributed by atoms with van der Waals surface area (Å²) in [7, 11) is 0. The maximum absolute atomic E-state index is 12.6. The van der Waals surface area contributed by atoms with Crippen LogP contribution in [0.4, 0.5) is 0 Å². The van der Waals surface area contributed by atoms with Gasteiger partial charge in [0, 0.05) is 17.0 Å². The first-order valence-corrected chi connectivity index (χ1v) is 10.1. The molecule has 0 amide bonds. The van der Waals surface area contributed by atoms with Crippen LogP contribution in [-0.4, -0.2) is 9.97 Å². The highest BCUT2D eigenvalue weighted by atomic mass is 32.1. The number of pyridine rings is 1. The molecule has 0 atom stereocenters. The second-order valence-electron chi connectivity index (χ2n) is 7.09. The molecule has 0 radical (unpaired) electrons. The molecule has 1 aliphatic carbocycles. The number of aromatic nitrogens is 3. The van der Waals surface area contributed by atoms with Gasteiger partial charge in [0.15, 0.2) is 18.2 Å². The molecule has 0 unspecified atom stereocenters. The second-order valence-corrected chi connectivity index (χ2v) is 8.17. The van der Waals surface area contributed by atoms with Crippen molar-refractivity contribution in [3.8, 4) is 0 Å². The third-order valence-corrected chi connectivity index (χ3v) is 6.35. The molecular weight excluding hydrogens is 354 g/mol. The van der Waals surface area contributed by atoms with E-state index in [9.17, 15) is 4.79 Å². The van der Waals surface area contributed by atoms with Crippen molar-refractivity contribution in [2.45, 2.75) is 32.2 Å². The molecule has 0 fully saturated rings. The van der Waals surface area contributed by atoms with Crippen LogP contribution in [0.5, 0.6) is 0 Å². The Hall–Kier alpha value is -2.79. The molecule has 0 saturated carbocycles. The number of fused-ring (bicyclic) bond motifs is 3. The van der Waals surface area contributed by atoms with Crippen LogP contribution in [0, 0.1) is 0 Å². The number of hydrogen-bond donors (Lipinski definition) is 1. The molecule has 1 N–H and O–H groups in total. The lowest BCUT2D eigenvalue weighted by atomic mass is 10.1. The molecule has 5 heteroatoms. The average molecular weight is 374 g/mol. The van der Waals surface area contributed by atoms with Gasteiger partial charge in [-0.05, 0) is 42.4 Å². The summed E-state index contributed by atoms with van der Waals surface area (Å²) in [5.74, 6) is 0.716. The standard InChI is InChI=1S/C22H19N3OS/c26-21-20-17-7-4-8-18(17)27-22(20)24-19(23-21)14-25-11-9-16(10-12-25)13-15-5-2-1-3-6-15/h1-3,5-6,9-12H,4,7-8,13-14H2/p+1. The quantitative estimate of drug-likeness (QED) is 0.557. The second kappa shape index (κ2) is 6.74. The minimum Gasteiger partial charge on any atom is -0.305 e. The highest BCUT2D eigenvalue weighted by molar-refractivity contribution is 7.18. The summed E-state index contributed by atoms with van der Waals surface area (Å²) in [5.41, 5.74) is 3.81. The van der Waals surface area contributed by atoms with E-state index < -0.39 is 0 Å². The summed E-state index contributed by atoms with van der Waals surface area (Å²) in [6, 6.07) is 14.7. The molecule has 27 heavy (non-hydrogen) atoms. The molecule has 134 valence electrons. The number of H-pyrrole nitrogens is 1. The van der Waals surface area contributed by atoms with Crippen molar-refractivity contribution < 1.29 is 4.57 Å². The lowest BCUT2D eigenvalue weighted by Crippen LogP contribution is -2.35. The summed E-state index contributed by atoms with van der Waals surface area (Å²) in [4.78, 5) is 22.5. The van der Waals surface area contributed by atoms with Gasteiger partial charge in [0.2, 0.25) is 6.54 Å². The van der Waals surface area contributed by atoms with Gasteiger partial charge < -0.3 is 4.98 Å². The number of rotatable bonds is 4. The van der Waals surface area contributed by atoms with Crippen LogP contribution in [0.2, 0.25) is 0 Å². The predicted octanol–water partition coefficient (Wildman–Crippen LogP) is 3.40. The average Bonchev–Trinajstić information content (AvgIpc) is 3.25. The van der Waals surface area contributed by atoms with E-state index in [1.54, 1.807) is 11.3 Å². The Morgan fingerprint density at radius 2 is 1.81 bits per heavy atom. The Labute approximate surface area is 161 Å². The molecule has 5 rings (SSSR count). The molecule has 0 saturated heterocycles. The molecule has 4 nitrogen and oxygen atoms in total. The molecule has 3 heterocycles. The fraction of sp³-hybridized carbons (Fsp3) is 0.227. The van der Waals surface area contributed by atoms with E-state index in [4.69, 9.17) is 4.98 Å². The lowest BCUT2D eigenvalue weighted by Gasteiger charge is -2.02. The fourth-order valence-corrected chi connectivity index (χ4v) is 5.12. The van der Waals surface area contributed by atoms with Crippen LogP contribution >= 0.6 is 11.3 Å². The fourth-order valence-electron chi connectivity index (χ4n) is 3.84. The third-order valence-electron chi connectivity index (χ3n) is 5.17. The highest BCUT2D eigenvalue weighted by Gasteiger charge is 2.21. The van der Waals surface area contributed by atoms with E-state index in [1.165, 1.54) is 21.6 Å². The number of aromatic amines is 1. The Kier molecular flexibility index (Phi) is 4.09. The Bertz CT molecular complexity index is 1160. The number of aryl methyl sites for hydroxylation is 2. The van der Waals surface area contributed by atoms with Gasteiger partial charge in [-0.15, -0.1) is 11.3 Å². The van der Waals surface area contributed by atoms with Crippen molar-refractivity contribution in [3.63, 3.8) is 0 Å². The predicted molar refractivity (Wildman–Crippen MR) is 107 cm³/mol. The van der Waals surface area contributed by atoms with Crippen LogP contribution in [-0.2, 0) is 25.8 Å². The number of nitrogens with zero attached hydrogens (tertiary/aromatic N) is 2. The van der Waals surface area contributed by atoms with Crippen LogP contribution in [0.25, 0.3) is 10.2 Å². The first-order chi connectivity index (χ1) is 13.3. The molecule has 4 aromatic rings. The van der Waals surface area contributed by atoms with Crippen molar-refractivity contribution >= 4 is 21.6 Å². The number of hydrogen-bond acceptors (Lipinski definition) is 3. The molecular formula is C22H20N3OS+. The van der Waals surface area contributed by atoms with E-state index in [2.05, 4.69) is 58.3 Å². The third kappa shape index (κ3) is 3.19. The van der Waals surface area contributed by atoms with Gasteiger partial charge in [-0.3, -0.25) is 4.79 Å².